The van der Waals surface area contributed by atoms with Gasteiger partial charge in [0.1, 0.15) is 5.69 Å². The van der Waals surface area contributed by atoms with Crippen LogP contribution in [0.1, 0.15) is 22.2 Å². The molecule has 0 aromatic carbocycles. The quantitative estimate of drug-likeness (QED) is 0.844. The highest BCUT2D eigenvalue weighted by atomic mass is 16.5. The summed E-state index contributed by atoms with van der Waals surface area (Å²) >= 11 is 0. The van der Waals surface area contributed by atoms with Crippen LogP contribution in [0.3, 0.4) is 0 Å². The third-order valence-corrected chi connectivity index (χ3v) is 3.05. The minimum Gasteiger partial charge on any atom is -0.377 e. The number of hydrogen-bond donors (Lipinski definition) is 1. The molecule has 1 N–H and O–H groups in total. The van der Waals surface area contributed by atoms with Crippen molar-refractivity contribution >= 4 is 5.91 Å². The van der Waals surface area contributed by atoms with Gasteiger partial charge in [0.15, 0.2) is 0 Å². The zero-order chi connectivity index (χ0) is 13.1. The molecule has 0 radical (unpaired) electrons. The minimum absolute atomic E-state index is 0.143. The number of nitrogens with one attached hydrogen (secondary N) is 1. The van der Waals surface area contributed by atoms with Crippen molar-refractivity contribution in [3.63, 3.8) is 0 Å². The van der Waals surface area contributed by atoms with Crippen LogP contribution in [0, 0.1) is 0 Å². The van der Waals surface area contributed by atoms with Gasteiger partial charge in [0.2, 0.25) is 0 Å². The van der Waals surface area contributed by atoms with Crippen molar-refractivity contribution in [1.29, 1.82) is 0 Å². The SMILES string of the molecule is O=C(c1cnccn1)N1CCOC[C@@H]1c1ccn[nH]1. The number of carbonyl (C=O) groups excluding carboxylic acids is 1. The van der Waals surface area contributed by atoms with E-state index in [1.165, 1.54) is 12.4 Å². The standard InChI is InChI=1S/C12H13N5O2/c18-12(10-7-13-3-4-14-10)17-5-6-19-8-11(17)9-1-2-15-16-9/h1-4,7,11H,5-6,8H2,(H,15,16)/t11-/m1/s1. The minimum atomic E-state index is -0.161. The van der Waals surface area contributed by atoms with Crippen LogP contribution >= 0.6 is 0 Å². The first-order valence-corrected chi connectivity index (χ1v) is 6.00. The highest BCUT2D eigenvalue weighted by Gasteiger charge is 2.30. The summed E-state index contributed by atoms with van der Waals surface area (Å²) in [7, 11) is 0. The first-order valence-electron chi connectivity index (χ1n) is 6.00. The lowest BCUT2D eigenvalue weighted by Gasteiger charge is -2.34. The van der Waals surface area contributed by atoms with Crippen LogP contribution in [-0.4, -0.2) is 50.7 Å². The maximum Gasteiger partial charge on any atom is 0.274 e. The molecule has 2 aromatic rings. The highest BCUT2D eigenvalue weighted by Crippen LogP contribution is 2.23. The Morgan fingerprint density at radius 3 is 3.11 bits per heavy atom. The zero-order valence-electron chi connectivity index (χ0n) is 10.2. The molecule has 1 saturated heterocycles. The molecule has 3 heterocycles. The molecule has 7 heteroatoms. The fraction of sp³-hybridized carbons (Fsp3) is 0.333. The van der Waals surface area contributed by atoms with Gasteiger partial charge < -0.3 is 9.64 Å². The van der Waals surface area contributed by atoms with E-state index in [1.807, 2.05) is 6.07 Å². The van der Waals surface area contributed by atoms with Gasteiger partial charge in [0.05, 0.1) is 31.1 Å². The normalized spacial score (nSPS) is 19.4. The van der Waals surface area contributed by atoms with Gasteiger partial charge in [-0.2, -0.15) is 5.10 Å². The van der Waals surface area contributed by atoms with Gasteiger partial charge in [-0.3, -0.25) is 14.9 Å². The number of aromatic nitrogens is 4. The summed E-state index contributed by atoms with van der Waals surface area (Å²) in [6, 6.07) is 1.68. The van der Waals surface area contributed by atoms with E-state index >= 15 is 0 Å². The zero-order valence-corrected chi connectivity index (χ0v) is 10.2. The number of nitrogens with zero attached hydrogens (tertiary/aromatic N) is 4. The fourth-order valence-corrected chi connectivity index (χ4v) is 2.11. The van der Waals surface area contributed by atoms with Crippen molar-refractivity contribution < 1.29 is 9.53 Å². The molecule has 98 valence electrons. The summed E-state index contributed by atoms with van der Waals surface area (Å²) < 4.78 is 5.44. The van der Waals surface area contributed by atoms with Crippen LogP contribution in [-0.2, 0) is 4.74 Å². The average Bonchev–Trinajstić information content (AvgIpc) is 3.01. The number of amides is 1. The van der Waals surface area contributed by atoms with Crippen LogP contribution in [0.25, 0.3) is 0 Å². The number of aromatic amines is 1. The molecule has 3 rings (SSSR count). The Labute approximate surface area is 109 Å². The summed E-state index contributed by atoms with van der Waals surface area (Å²) in [4.78, 5) is 22.2. The van der Waals surface area contributed by atoms with Gasteiger partial charge in [-0.1, -0.05) is 0 Å². The van der Waals surface area contributed by atoms with E-state index in [0.29, 0.717) is 25.5 Å². The van der Waals surface area contributed by atoms with E-state index in [1.54, 1.807) is 17.3 Å². The molecule has 1 amide bonds. The Kier molecular flexibility index (Phi) is 3.20. The summed E-state index contributed by atoms with van der Waals surface area (Å²) in [6.07, 6.45) is 6.19. The lowest BCUT2D eigenvalue weighted by molar-refractivity contribution is -0.00424. The molecule has 0 saturated carbocycles. The van der Waals surface area contributed by atoms with Gasteiger partial charge >= 0.3 is 0 Å². The third-order valence-electron chi connectivity index (χ3n) is 3.05. The number of H-pyrrole nitrogens is 1. The average molecular weight is 259 g/mol. The van der Waals surface area contributed by atoms with Crippen LogP contribution in [0.5, 0.6) is 0 Å². The molecule has 0 bridgehead atoms. The molecule has 7 nitrogen and oxygen atoms in total. The van der Waals surface area contributed by atoms with Crippen molar-refractivity contribution in [2.75, 3.05) is 19.8 Å². The van der Waals surface area contributed by atoms with Crippen molar-refractivity contribution in [1.82, 2.24) is 25.1 Å². The van der Waals surface area contributed by atoms with E-state index in [4.69, 9.17) is 4.74 Å². The second kappa shape index (κ2) is 5.15. The topological polar surface area (TPSA) is 84.0 Å². The smallest absolute Gasteiger partial charge is 0.274 e. The number of hydrogen-bond acceptors (Lipinski definition) is 5. The van der Waals surface area contributed by atoms with E-state index in [9.17, 15) is 4.79 Å². The lowest BCUT2D eigenvalue weighted by atomic mass is 10.1. The molecule has 2 aromatic heterocycles. The predicted octanol–water partition coefficient (Wildman–Crippen LogP) is 0.413. The van der Waals surface area contributed by atoms with Gasteiger partial charge in [-0.25, -0.2) is 4.98 Å². The highest BCUT2D eigenvalue weighted by molar-refractivity contribution is 5.92. The van der Waals surface area contributed by atoms with Crippen molar-refractivity contribution in [3.05, 3.63) is 42.2 Å². The molecule has 1 aliphatic rings. The molecule has 0 aliphatic carbocycles. The van der Waals surface area contributed by atoms with Crippen LogP contribution in [0.4, 0.5) is 0 Å². The van der Waals surface area contributed by atoms with Crippen molar-refractivity contribution in [2.45, 2.75) is 6.04 Å². The number of ether oxygens (including phenoxy) is 1. The van der Waals surface area contributed by atoms with E-state index in [2.05, 4.69) is 20.2 Å². The second-order valence-corrected chi connectivity index (χ2v) is 4.19. The van der Waals surface area contributed by atoms with Gasteiger partial charge in [0, 0.05) is 25.1 Å². The van der Waals surface area contributed by atoms with Crippen LogP contribution in [0.15, 0.2) is 30.9 Å². The first kappa shape index (κ1) is 11.8. The second-order valence-electron chi connectivity index (χ2n) is 4.19. The number of rotatable bonds is 2. The van der Waals surface area contributed by atoms with Crippen molar-refractivity contribution in [2.24, 2.45) is 0 Å². The molecule has 1 fully saturated rings. The van der Waals surface area contributed by atoms with E-state index < -0.39 is 0 Å². The maximum absolute atomic E-state index is 12.4. The van der Waals surface area contributed by atoms with Crippen LogP contribution < -0.4 is 0 Å². The molecule has 19 heavy (non-hydrogen) atoms. The summed E-state index contributed by atoms with van der Waals surface area (Å²) in [5.41, 5.74) is 1.20. The number of morpholine rings is 1. The van der Waals surface area contributed by atoms with Gasteiger partial charge in [-0.05, 0) is 6.07 Å². The molecule has 0 unspecified atom stereocenters. The van der Waals surface area contributed by atoms with Crippen LogP contribution in [0.2, 0.25) is 0 Å². The molecule has 1 atom stereocenters. The molecular formula is C12H13N5O2. The van der Waals surface area contributed by atoms with E-state index in [0.717, 1.165) is 5.69 Å². The summed E-state index contributed by atoms with van der Waals surface area (Å²) in [5, 5.41) is 6.80. The summed E-state index contributed by atoms with van der Waals surface area (Å²) in [6.45, 7) is 1.50. The Hall–Kier alpha value is -2.28. The maximum atomic E-state index is 12.4. The van der Waals surface area contributed by atoms with Crippen molar-refractivity contribution in [3.8, 4) is 0 Å². The van der Waals surface area contributed by atoms with Gasteiger partial charge in [0.25, 0.3) is 5.91 Å². The Balaban J connectivity index is 1.87. The molecule has 0 spiro atoms. The monoisotopic (exact) mass is 259 g/mol. The number of carbonyl (C=O) groups is 1. The lowest BCUT2D eigenvalue weighted by Crippen LogP contribution is -2.43. The largest absolute Gasteiger partial charge is 0.377 e. The Bertz CT molecular complexity index is 543. The van der Waals surface area contributed by atoms with Gasteiger partial charge in [-0.15, -0.1) is 0 Å². The fourth-order valence-electron chi connectivity index (χ4n) is 2.11. The molecule has 1 aliphatic heterocycles. The van der Waals surface area contributed by atoms with E-state index in [-0.39, 0.29) is 11.9 Å². The molecular weight excluding hydrogens is 246 g/mol. The summed E-state index contributed by atoms with van der Waals surface area (Å²) in [5.74, 6) is -0.143. The first-order chi connectivity index (χ1) is 9.36. The Morgan fingerprint density at radius 2 is 2.37 bits per heavy atom. The third kappa shape index (κ3) is 2.32. The predicted molar refractivity (Wildman–Crippen MR) is 65.2 cm³/mol. The Morgan fingerprint density at radius 1 is 1.42 bits per heavy atom.